The number of rotatable bonds is 4. The van der Waals surface area contributed by atoms with Crippen LogP contribution in [0.2, 0.25) is 0 Å². The Morgan fingerprint density at radius 3 is 2.81 bits per heavy atom. The Labute approximate surface area is 154 Å². The Hall–Kier alpha value is -2.86. The third-order valence-corrected chi connectivity index (χ3v) is 4.83. The zero-order valence-electron chi connectivity index (χ0n) is 15.0. The first-order valence-corrected chi connectivity index (χ1v) is 9.46. The van der Waals surface area contributed by atoms with Gasteiger partial charge in [0.2, 0.25) is 0 Å². The summed E-state index contributed by atoms with van der Waals surface area (Å²) in [6.45, 7) is 0.928. The summed E-state index contributed by atoms with van der Waals surface area (Å²) in [4.78, 5) is 9.13. The van der Waals surface area contributed by atoms with Crippen molar-refractivity contribution in [2.24, 2.45) is 0 Å². The van der Waals surface area contributed by atoms with E-state index in [-0.39, 0.29) is 0 Å². The zero-order valence-corrected chi connectivity index (χ0v) is 15.0. The van der Waals surface area contributed by atoms with E-state index in [1.165, 1.54) is 35.2 Å². The number of nitrogens with one attached hydrogen (secondary N) is 1. The number of pyridine rings is 2. The molecule has 0 radical (unpaired) electrons. The van der Waals surface area contributed by atoms with Crippen molar-refractivity contribution in [1.82, 2.24) is 9.97 Å². The van der Waals surface area contributed by atoms with E-state index in [0.717, 1.165) is 43.4 Å². The molecule has 26 heavy (non-hydrogen) atoms. The van der Waals surface area contributed by atoms with Crippen molar-refractivity contribution in [3.8, 4) is 11.8 Å². The second-order valence-corrected chi connectivity index (χ2v) is 6.68. The van der Waals surface area contributed by atoms with Gasteiger partial charge in [0.05, 0.1) is 5.52 Å². The average molecular weight is 341 g/mol. The Morgan fingerprint density at radius 2 is 1.88 bits per heavy atom. The van der Waals surface area contributed by atoms with Gasteiger partial charge in [-0.25, -0.2) is 4.98 Å². The highest BCUT2D eigenvalue weighted by molar-refractivity contribution is 5.93. The molecule has 1 aliphatic carbocycles. The Kier molecular flexibility index (Phi) is 5.12. The van der Waals surface area contributed by atoms with Gasteiger partial charge in [0.15, 0.2) is 0 Å². The molecule has 4 rings (SSSR count). The van der Waals surface area contributed by atoms with E-state index in [9.17, 15) is 0 Å². The van der Waals surface area contributed by atoms with Crippen molar-refractivity contribution in [3.05, 3.63) is 65.6 Å². The first-order valence-electron chi connectivity index (χ1n) is 9.46. The molecule has 0 bridgehead atoms. The minimum Gasteiger partial charge on any atom is -0.384 e. The molecule has 130 valence electrons. The van der Waals surface area contributed by atoms with E-state index in [1.54, 1.807) is 6.20 Å². The van der Waals surface area contributed by atoms with Crippen LogP contribution < -0.4 is 5.32 Å². The summed E-state index contributed by atoms with van der Waals surface area (Å²) in [5.41, 5.74) is 5.95. The number of hydrogen-bond donors (Lipinski definition) is 1. The van der Waals surface area contributed by atoms with Crippen LogP contribution in [0.4, 0.5) is 5.69 Å². The number of benzene rings is 1. The van der Waals surface area contributed by atoms with Crippen LogP contribution in [0.25, 0.3) is 10.9 Å². The number of hydrogen-bond acceptors (Lipinski definition) is 3. The fourth-order valence-electron chi connectivity index (χ4n) is 3.55. The van der Waals surface area contributed by atoms with Crippen molar-refractivity contribution in [1.29, 1.82) is 0 Å². The summed E-state index contributed by atoms with van der Waals surface area (Å²) in [6, 6.07) is 14.3. The molecule has 0 fully saturated rings. The topological polar surface area (TPSA) is 37.8 Å². The smallest absolute Gasteiger partial charge is 0.113 e. The van der Waals surface area contributed by atoms with Crippen molar-refractivity contribution < 1.29 is 0 Å². The number of para-hydroxylation sites is 1. The van der Waals surface area contributed by atoms with Crippen molar-refractivity contribution in [3.63, 3.8) is 0 Å². The second-order valence-electron chi connectivity index (χ2n) is 6.68. The van der Waals surface area contributed by atoms with Crippen molar-refractivity contribution in [2.45, 2.75) is 38.5 Å². The molecule has 3 nitrogen and oxygen atoms in total. The molecule has 0 aliphatic heterocycles. The summed E-state index contributed by atoms with van der Waals surface area (Å²) >= 11 is 0. The predicted octanol–water partition coefficient (Wildman–Crippen LogP) is 4.75. The van der Waals surface area contributed by atoms with E-state index in [2.05, 4.69) is 46.4 Å². The second kappa shape index (κ2) is 8.01. The van der Waals surface area contributed by atoms with Crippen LogP contribution >= 0.6 is 0 Å². The van der Waals surface area contributed by atoms with Gasteiger partial charge in [-0.15, -0.1) is 0 Å². The molecular formula is C23H23N3. The average Bonchev–Trinajstić information content (AvgIpc) is 2.70. The number of unbranched alkanes of at least 4 members (excludes halogenated alkanes) is 1. The third kappa shape index (κ3) is 3.70. The molecule has 1 aliphatic rings. The SMILES string of the molecule is C(#Cc1ccccn1)CCCNc1c2c(nc3ccccc13)CCCC2. The molecule has 3 heteroatoms. The van der Waals surface area contributed by atoms with Crippen LogP contribution in [-0.2, 0) is 12.8 Å². The third-order valence-electron chi connectivity index (χ3n) is 4.83. The van der Waals surface area contributed by atoms with E-state index in [1.807, 2.05) is 18.2 Å². The highest BCUT2D eigenvalue weighted by Gasteiger charge is 2.17. The molecule has 1 aromatic carbocycles. The van der Waals surface area contributed by atoms with Gasteiger partial charge in [-0.3, -0.25) is 4.98 Å². The van der Waals surface area contributed by atoms with Crippen LogP contribution in [0.15, 0.2) is 48.7 Å². The minimum absolute atomic E-state index is 0.842. The predicted molar refractivity (Wildman–Crippen MR) is 107 cm³/mol. The zero-order chi connectivity index (χ0) is 17.6. The van der Waals surface area contributed by atoms with E-state index in [0.29, 0.717) is 0 Å². The van der Waals surface area contributed by atoms with Crippen LogP contribution in [0.1, 0.15) is 42.6 Å². The van der Waals surface area contributed by atoms with Gasteiger partial charge in [0.1, 0.15) is 5.69 Å². The lowest BCUT2D eigenvalue weighted by Crippen LogP contribution is -2.12. The van der Waals surface area contributed by atoms with Crippen LogP contribution in [0.5, 0.6) is 0 Å². The molecule has 2 heterocycles. The number of aromatic nitrogens is 2. The molecule has 0 saturated carbocycles. The number of fused-ring (bicyclic) bond motifs is 2. The van der Waals surface area contributed by atoms with Crippen molar-refractivity contribution >= 4 is 16.6 Å². The molecule has 0 unspecified atom stereocenters. The standard InChI is InChI=1S/C23H23N3/c1(2-10-18-11-7-9-16-24-18)8-17-25-23-19-12-3-5-14-21(19)26-22-15-6-4-13-20(22)23/h3,5,7,9,11-12,14,16H,1,4,6,8,13,15,17H2,(H,25,26). The van der Waals surface area contributed by atoms with E-state index in [4.69, 9.17) is 4.98 Å². The molecular weight excluding hydrogens is 318 g/mol. The molecule has 0 atom stereocenters. The Morgan fingerprint density at radius 1 is 1.00 bits per heavy atom. The lowest BCUT2D eigenvalue weighted by Gasteiger charge is -2.21. The van der Waals surface area contributed by atoms with E-state index >= 15 is 0 Å². The van der Waals surface area contributed by atoms with Crippen LogP contribution in [-0.4, -0.2) is 16.5 Å². The van der Waals surface area contributed by atoms with E-state index < -0.39 is 0 Å². The summed E-state index contributed by atoms with van der Waals surface area (Å²) in [5.74, 6) is 6.35. The molecule has 0 saturated heterocycles. The quantitative estimate of drug-likeness (QED) is 0.549. The molecule has 1 N–H and O–H groups in total. The van der Waals surface area contributed by atoms with Gasteiger partial charge in [-0.1, -0.05) is 30.2 Å². The minimum atomic E-state index is 0.842. The molecule has 3 aromatic rings. The first kappa shape index (κ1) is 16.6. The normalized spacial score (nSPS) is 12.9. The summed E-state index contributed by atoms with van der Waals surface area (Å²) in [7, 11) is 0. The summed E-state index contributed by atoms with van der Waals surface area (Å²) in [6.07, 6.45) is 8.42. The fourth-order valence-corrected chi connectivity index (χ4v) is 3.55. The fraction of sp³-hybridized carbons (Fsp3) is 0.304. The Bertz CT molecular complexity index is 952. The largest absolute Gasteiger partial charge is 0.384 e. The van der Waals surface area contributed by atoms with Crippen LogP contribution in [0.3, 0.4) is 0 Å². The number of anilines is 1. The monoisotopic (exact) mass is 341 g/mol. The molecule has 0 amide bonds. The number of aryl methyl sites for hydroxylation is 1. The summed E-state index contributed by atoms with van der Waals surface area (Å²) in [5, 5.41) is 4.93. The number of nitrogens with zero attached hydrogens (tertiary/aromatic N) is 2. The first-order chi connectivity index (χ1) is 12.9. The molecule has 0 spiro atoms. The lowest BCUT2D eigenvalue weighted by molar-refractivity contribution is 0.671. The van der Waals surface area contributed by atoms with Gasteiger partial charge in [-0.2, -0.15) is 0 Å². The molecule has 2 aromatic heterocycles. The maximum atomic E-state index is 4.90. The Balaban J connectivity index is 1.45. The van der Waals surface area contributed by atoms with Gasteiger partial charge in [-0.05, 0) is 61.8 Å². The van der Waals surface area contributed by atoms with Crippen molar-refractivity contribution in [2.75, 3.05) is 11.9 Å². The van der Waals surface area contributed by atoms with Gasteiger partial charge in [0.25, 0.3) is 0 Å². The maximum absolute atomic E-state index is 4.90. The highest BCUT2D eigenvalue weighted by atomic mass is 14.9. The lowest BCUT2D eigenvalue weighted by atomic mass is 9.92. The van der Waals surface area contributed by atoms with Crippen LogP contribution in [0, 0.1) is 11.8 Å². The van der Waals surface area contributed by atoms with Gasteiger partial charge in [0, 0.05) is 35.9 Å². The van der Waals surface area contributed by atoms with Gasteiger partial charge >= 0.3 is 0 Å². The summed E-state index contributed by atoms with van der Waals surface area (Å²) < 4.78 is 0. The van der Waals surface area contributed by atoms with Gasteiger partial charge < -0.3 is 5.32 Å². The highest BCUT2D eigenvalue weighted by Crippen LogP contribution is 2.33. The maximum Gasteiger partial charge on any atom is 0.113 e.